The molecule has 0 bridgehead atoms. The highest BCUT2D eigenvalue weighted by Crippen LogP contribution is 2.40. The van der Waals surface area contributed by atoms with Crippen molar-refractivity contribution in [2.24, 2.45) is 5.92 Å². The van der Waals surface area contributed by atoms with E-state index in [1.807, 2.05) is 66.7 Å². The van der Waals surface area contributed by atoms with E-state index >= 15 is 0 Å². The first-order valence-electron chi connectivity index (χ1n) is 10.6. The van der Waals surface area contributed by atoms with Crippen LogP contribution in [0.4, 0.5) is 11.4 Å². The van der Waals surface area contributed by atoms with E-state index in [9.17, 15) is 14.4 Å². The minimum absolute atomic E-state index is 0.0641. The Bertz CT molecular complexity index is 1160. The molecule has 3 aromatic carbocycles. The van der Waals surface area contributed by atoms with Gasteiger partial charge < -0.3 is 10.6 Å². The molecule has 5 nitrogen and oxygen atoms in total. The molecule has 5 heteroatoms. The lowest BCUT2D eigenvalue weighted by atomic mass is 9.71. The normalized spacial score (nSPS) is 18.2. The Labute approximate surface area is 187 Å². The van der Waals surface area contributed by atoms with Gasteiger partial charge in [-0.25, -0.2) is 0 Å². The minimum Gasteiger partial charge on any atom is -0.326 e. The largest absolute Gasteiger partial charge is 0.326 e. The first-order chi connectivity index (χ1) is 15.5. The summed E-state index contributed by atoms with van der Waals surface area (Å²) in [5, 5.41) is 5.74. The maximum atomic E-state index is 13.4. The van der Waals surface area contributed by atoms with Crippen LogP contribution in [0.5, 0.6) is 0 Å². The summed E-state index contributed by atoms with van der Waals surface area (Å²) in [7, 11) is 0. The van der Waals surface area contributed by atoms with Gasteiger partial charge in [-0.05, 0) is 42.3 Å². The third-order valence-electron chi connectivity index (χ3n) is 5.76. The number of para-hydroxylation sites is 2. The molecular weight excluding hydrogens is 400 g/mol. The lowest BCUT2D eigenvalue weighted by Gasteiger charge is -2.32. The van der Waals surface area contributed by atoms with Gasteiger partial charge in [0.1, 0.15) is 0 Å². The van der Waals surface area contributed by atoms with Gasteiger partial charge in [0, 0.05) is 23.7 Å². The molecular formula is C27H24N2O3. The number of nitrogens with one attached hydrogen (secondary N) is 2. The second-order valence-corrected chi connectivity index (χ2v) is 7.86. The summed E-state index contributed by atoms with van der Waals surface area (Å²) < 4.78 is 0. The fourth-order valence-electron chi connectivity index (χ4n) is 4.25. The van der Waals surface area contributed by atoms with Crippen molar-refractivity contribution in [2.45, 2.75) is 19.3 Å². The van der Waals surface area contributed by atoms with Crippen molar-refractivity contribution in [3.63, 3.8) is 0 Å². The number of ketones is 1. The zero-order chi connectivity index (χ0) is 22.5. The van der Waals surface area contributed by atoms with E-state index in [1.165, 1.54) is 0 Å². The Kier molecular flexibility index (Phi) is 6.26. The summed E-state index contributed by atoms with van der Waals surface area (Å²) in [4.78, 5) is 39.5. The van der Waals surface area contributed by atoms with Gasteiger partial charge in [0.2, 0.25) is 5.91 Å². The summed E-state index contributed by atoms with van der Waals surface area (Å²) in [6, 6.07) is 27.7. The number of benzene rings is 3. The zero-order valence-electron chi connectivity index (χ0n) is 17.7. The Hall–Kier alpha value is -3.99. The molecule has 160 valence electrons. The standard InChI is InChI=1S/C27H24N2O3/c1-18-24(26(31)28-20-13-7-3-8-14-20)22(19-11-5-2-6-12-19)17-23(30)25(18)27(32)29-21-15-9-4-10-16-21/h2-16,22,24H,17H2,1H3,(H,28,31)(H,29,32). The number of Topliss-reactive ketones (excluding diaryl/α,β-unsaturated/α-hetero) is 1. The van der Waals surface area contributed by atoms with Crippen molar-refractivity contribution in [3.05, 3.63) is 108 Å². The first kappa shape index (κ1) is 21.2. The molecule has 0 aliphatic heterocycles. The van der Waals surface area contributed by atoms with Crippen LogP contribution < -0.4 is 10.6 Å². The molecule has 2 N–H and O–H groups in total. The minimum atomic E-state index is -0.646. The third kappa shape index (κ3) is 4.52. The van der Waals surface area contributed by atoms with E-state index < -0.39 is 11.8 Å². The predicted octanol–water partition coefficient (Wildman–Crippen LogP) is 4.95. The van der Waals surface area contributed by atoms with Crippen molar-refractivity contribution in [3.8, 4) is 0 Å². The van der Waals surface area contributed by atoms with Gasteiger partial charge >= 0.3 is 0 Å². The smallest absolute Gasteiger partial charge is 0.259 e. The molecule has 2 unspecified atom stereocenters. The number of amides is 2. The van der Waals surface area contributed by atoms with Crippen LogP contribution in [0.1, 0.15) is 24.8 Å². The lowest BCUT2D eigenvalue weighted by molar-refractivity contribution is -0.123. The van der Waals surface area contributed by atoms with Crippen LogP contribution >= 0.6 is 0 Å². The van der Waals surface area contributed by atoms with Crippen molar-refractivity contribution in [1.29, 1.82) is 0 Å². The Morgan fingerprint density at radius 2 is 1.25 bits per heavy atom. The SMILES string of the molecule is CC1=C(C(=O)Nc2ccccc2)C(=O)CC(c2ccccc2)C1C(=O)Nc1ccccc1. The van der Waals surface area contributed by atoms with Gasteiger partial charge in [-0.15, -0.1) is 0 Å². The van der Waals surface area contributed by atoms with Gasteiger partial charge in [0.25, 0.3) is 5.91 Å². The van der Waals surface area contributed by atoms with Crippen LogP contribution in [0.25, 0.3) is 0 Å². The number of anilines is 2. The quantitative estimate of drug-likeness (QED) is 0.569. The molecule has 0 aromatic heterocycles. The fraction of sp³-hybridized carbons (Fsp3) is 0.148. The van der Waals surface area contributed by atoms with Gasteiger partial charge in [-0.1, -0.05) is 66.7 Å². The molecule has 0 radical (unpaired) electrons. The van der Waals surface area contributed by atoms with Crippen LogP contribution in [-0.4, -0.2) is 17.6 Å². The number of carbonyl (C=O) groups is 3. The van der Waals surface area contributed by atoms with Crippen molar-refractivity contribution < 1.29 is 14.4 Å². The summed E-state index contributed by atoms with van der Waals surface area (Å²) in [5.74, 6) is -1.97. The lowest BCUT2D eigenvalue weighted by Crippen LogP contribution is -2.38. The van der Waals surface area contributed by atoms with E-state index in [1.54, 1.807) is 31.2 Å². The average molecular weight is 425 g/mol. The Balaban J connectivity index is 1.71. The number of carbonyl (C=O) groups excluding carboxylic acids is 3. The summed E-state index contributed by atoms with van der Waals surface area (Å²) in [6.07, 6.45) is 0.0891. The number of hydrogen-bond donors (Lipinski definition) is 2. The van der Waals surface area contributed by atoms with Gasteiger partial charge in [0.15, 0.2) is 5.78 Å². The van der Waals surface area contributed by atoms with Gasteiger partial charge in [-0.2, -0.15) is 0 Å². The van der Waals surface area contributed by atoms with E-state index in [2.05, 4.69) is 10.6 Å². The van der Waals surface area contributed by atoms with Crippen molar-refractivity contribution >= 4 is 29.0 Å². The van der Waals surface area contributed by atoms with Gasteiger partial charge in [-0.3, -0.25) is 14.4 Å². The van der Waals surface area contributed by atoms with E-state index in [0.29, 0.717) is 16.9 Å². The van der Waals surface area contributed by atoms with E-state index in [0.717, 1.165) is 5.56 Å². The molecule has 3 aromatic rings. The van der Waals surface area contributed by atoms with Crippen LogP contribution in [0, 0.1) is 5.92 Å². The molecule has 2 amide bonds. The van der Waals surface area contributed by atoms with Crippen LogP contribution in [0.2, 0.25) is 0 Å². The monoisotopic (exact) mass is 424 g/mol. The topological polar surface area (TPSA) is 75.3 Å². The number of rotatable bonds is 5. The molecule has 0 fully saturated rings. The fourth-order valence-corrected chi connectivity index (χ4v) is 4.25. The predicted molar refractivity (Wildman–Crippen MR) is 125 cm³/mol. The highest BCUT2D eigenvalue weighted by Gasteiger charge is 2.41. The van der Waals surface area contributed by atoms with E-state index in [4.69, 9.17) is 0 Å². The molecule has 32 heavy (non-hydrogen) atoms. The molecule has 1 aliphatic rings. The zero-order valence-corrected chi connectivity index (χ0v) is 17.7. The average Bonchev–Trinajstić information content (AvgIpc) is 2.80. The molecule has 4 rings (SSSR count). The summed E-state index contributed by atoms with van der Waals surface area (Å²) >= 11 is 0. The van der Waals surface area contributed by atoms with Crippen molar-refractivity contribution in [1.82, 2.24) is 0 Å². The van der Waals surface area contributed by atoms with E-state index in [-0.39, 0.29) is 29.6 Å². The van der Waals surface area contributed by atoms with Crippen LogP contribution in [0.3, 0.4) is 0 Å². The number of hydrogen-bond acceptors (Lipinski definition) is 3. The maximum Gasteiger partial charge on any atom is 0.259 e. The van der Waals surface area contributed by atoms with Gasteiger partial charge in [0.05, 0.1) is 11.5 Å². The molecule has 0 heterocycles. The first-order valence-corrected chi connectivity index (χ1v) is 10.6. The highest BCUT2D eigenvalue weighted by molar-refractivity contribution is 6.25. The molecule has 1 aliphatic carbocycles. The second-order valence-electron chi connectivity index (χ2n) is 7.86. The maximum absolute atomic E-state index is 13.4. The summed E-state index contributed by atoms with van der Waals surface area (Å²) in [6.45, 7) is 1.71. The molecule has 0 spiro atoms. The Morgan fingerprint density at radius 3 is 1.81 bits per heavy atom. The van der Waals surface area contributed by atoms with Crippen LogP contribution in [0.15, 0.2) is 102 Å². The molecule has 0 saturated carbocycles. The third-order valence-corrected chi connectivity index (χ3v) is 5.76. The summed E-state index contributed by atoms with van der Waals surface area (Å²) in [5.41, 5.74) is 2.72. The highest BCUT2D eigenvalue weighted by atomic mass is 16.2. The molecule has 0 saturated heterocycles. The van der Waals surface area contributed by atoms with Crippen molar-refractivity contribution in [2.75, 3.05) is 10.6 Å². The second kappa shape index (κ2) is 9.43. The Morgan fingerprint density at radius 1 is 0.750 bits per heavy atom. The van der Waals surface area contributed by atoms with Crippen LogP contribution in [-0.2, 0) is 14.4 Å². The molecule has 2 atom stereocenters.